The first-order valence-electron chi connectivity index (χ1n) is 6.03. The van der Waals surface area contributed by atoms with E-state index in [1.54, 1.807) is 4.90 Å². The number of carbonyl (C=O) groups is 2. The average molecular weight is 314 g/mol. The number of hydrogen-bond acceptors (Lipinski definition) is 2. The van der Waals surface area contributed by atoms with E-state index in [-0.39, 0.29) is 11.8 Å². The number of halogens is 1. The smallest absolute Gasteiger partial charge is 0.270 e. The van der Waals surface area contributed by atoms with Gasteiger partial charge in [0.05, 0.1) is 0 Å². The van der Waals surface area contributed by atoms with Crippen molar-refractivity contribution in [1.82, 2.24) is 14.8 Å². The minimum atomic E-state index is -0.0148. The fourth-order valence-electron chi connectivity index (χ4n) is 2.05. The van der Waals surface area contributed by atoms with Crippen molar-refractivity contribution in [2.45, 2.75) is 19.9 Å². The van der Waals surface area contributed by atoms with E-state index >= 15 is 0 Å². The first-order valence-corrected chi connectivity index (χ1v) is 6.82. The van der Waals surface area contributed by atoms with Gasteiger partial charge in [-0.05, 0) is 28.9 Å². The quantitative estimate of drug-likeness (QED) is 0.893. The van der Waals surface area contributed by atoms with E-state index in [4.69, 9.17) is 0 Å². The van der Waals surface area contributed by atoms with Crippen LogP contribution < -0.4 is 5.32 Å². The van der Waals surface area contributed by atoms with Gasteiger partial charge in [-0.3, -0.25) is 9.59 Å². The SMILES string of the molecule is CCn1cc(Br)cc1C(=O)N1CCNC(=O)CC1. The molecule has 0 aliphatic carbocycles. The molecule has 2 rings (SSSR count). The molecule has 0 radical (unpaired) electrons. The maximum atomic E-state index is 12.4. The lowest BCUT2D eigenvalue weighted by atomic mass is 10.3. The van der Waals surface area contributed by atoms with E-state index < -0.39 is 0 Å². The molecular weight excluding hydrogens is 298 g/mol. The minimum absolute atomic E-state index is 0.0114. The van der Waals surface area contributed by atoms with Crippen LogP contribution in [-0.4, -0.2) is 40.9 Å². The zero-order valence-electron chi connectivity index (χ0n) is 10.3. The summed E-state index contributed by atoms with van der Waals surface area (Å²) in [6, 6.07) is 1.83. The number of carbonyl (C=O) groups excluding carboxylic acids is 2. The second kappa shape index (κ2) is 5.56. The van der Waals surface area contributed by atoms with Crippen LogP contribution in [0.2, 0.25) is 0 Å². The zero-order chi connectivity index (χ0) is 13.1. The van der Waals surface area contributed by atoms with Gasteiger partial charge in [0.25, 0.3) is 5.91 Å². The van der Waals surface area contributed by atoms with Crippen LogP contribution in [-0.2, 0) is 11.3 Å². The monoisotopic (exact) mass is 313 g/mol. The Morgan fingerprint density at radius 1 is 1.50 bits per heavy atom. The van der Waals surface area contributed by atoms with Crippen LogP contribution in [0.3, 0.4) is 0 Å². The summed E-state index contributed by atoms with van der Waals surface area (Å²) < 4.78 is 2.81. The van der Waals surface area contributed by atoms with Crippen molar-refractivity contribution in [3.05, 3.63) is 22.4 Å². The Bertz CT molecular complexity index is 470. The summed E-state index contributed by atoms with van der Waals surface area (Å²) in [6.45, 7) is 4.32. The number of rotatable bonds is 2. The van der Waals surface area contributed by atoms with Gasteiger partial charge < -0.3 is 14.8 Å². The molecule has 1 aliphatic rings. The van der Waals surface area contributed by atoms with Gasteiger partial charge in [0.1, 0.15) is 5.69 Å². The van der Waals surface area contributed by atoms with E-state index in [0.29, 0.717) is 31.7 Å². The van der Waals surface area contributed by atoms with Crippen LogP contribution in [0.15, 0.2) is 16.7 Å². The van der Waals surface area contributed by atoms with Crippen molar-refractivity contribution in [1.29, 1.82) is 0 Å². The fourth-order valence-corrected chi connectivity index (χ4v) is 2.51. The van der Waals surface area contributed by atoms with Crippen LogP contribution in [0.1, 0.15) is 23.8 Å². The fraction of sp³-hybridized carbons (Fsp3) is 0.500. The van der Waals surface area contributed by atoms with Gasteiger partial charge in [0.15, 0.2) is 0 Å². The molecule has 1 saturated heterocycles. The molecule has 18 heavy (non-hydrogen) atoms. The molecule has 0 aromatic carbocycles. The first-order chi connectivity index (χ1) is 8.61. The maximum Gasteiger partial charge on any atom is 0.270 e. The van der Waals surface area contributed by atoms with Crippen molar-refractivity contribution < 1.29 is 9.59 Å². The molecule has 6 heteroatoms. The van der Waals surface area contributed by atoms with Crippen molar-refractivity contribution >= 4 is 27.7 Å². The highest BCUT2D eigenvalue weighted by Crippen LogP contribution is 2.17. The normalized spacial score (nSPS) is 16.3. The summed E-state index contributed by atoms with van der Waals surface area (Å²) in [5.41, 5.74) is 0.665. The zero-order valence-corrected chi connectivity index (χ0v) is 11.9. The van der Waals surface area contributed by atoms with E-state index in [1.165, 1.54) is 0 Å². The number of aryl methyl sites for hydroxylation is 1. The molecule has 0 saturated carbocycles. The van der Waals surface area contributed by atoms with Gasteiger partial charge in [-0.1, -0.05) is 0 Å². The molecule has 2 amide bonds. The molecular formula is C12H16BrN3O2. The van der Waals surface area contributed by atoms with Crippen molar-refractivity contribution in [2.75, 3.05) is 19.6 Å². The van der Waals surface area contributed by atoms with Crippen LogP contribution in [0.4, 0.5) is 0 Å². The van der Waals surface area contributed by atoms with Crippen LogP contribution in [0.25, 0.3) is 0 Å². The predicted molar refractivity (Wildman–Crippen MR) is 71.3 cm³/mol. The van der Waals surface area contributed by atoms with Crippen LogP contribution in [0.5, 0.6) is 0 Å². The Hall–Kier alpha value is -1.30. The van der Waals surface area contributed by atoms with Crippen molar-refractivity contribution in [3.63, 3.8) is 0 Å². The third-order valence-corrected chi connectivity index (χ3v) is 3.46. The third-order valence-electron chi connectivity index (χ3n) is 3.02. The van der Waals surface area contributed by atoms with Crippen molar-refractivity contribution in [2.24, 2.45) is 0 Å². The highest BCUT2D eigenvalue weighted by Gasteiger charge is 2.22. The summed E-state index contributed by atoms with van der Waals surface area (Å²) >= 11 is 3.38. The van der Waals surface area contributed by atoms with Gasteiger partial charge in [-0.15, -0.1) is 0 Å². The molecule has 1 N–H and O–H groups in total. The summed E-state index contributed by atoms with van der Waals surface area (Å²) in [4.78, 5) is 25.4. The van der Waals surface area contributed by atoms with Gasteiger partial charge >= 0.3 is 0 Å². The number of hydrogen-bond donors (Lipinski definition) is 1. The van der Waals surface area contributed by atoms with Crippen molar-refractivity contribution in [3.8, 4) is 0 Å². The molecule has 0 unspecified atom stereocenters. The van der Waals surface area contributed by atoms with Gasteiger partial charge in [-0.25, -0.2) is 0 Å². The standard InChI is InChI=1S/C12H16BrN3O2/c1-2-15-8-9(13)7-10(15)12(18)16-5-3-11(17)14-4-6-16/h7-8H,2-6H2,1H3,(H,14,17). The van der Waals surface area contributed by atoms with Crippen LogP contribution >= 0.6 is 15.9 Å². The highest BCUT2D eigenvalue weighted by molar-refractivity contribution is 9.10. The summed E-state index contributed by atoms with van der Waals surface area (Å²) in [5.74, 6) is -0.00333. The number of amides is 2. The minimum Gasteiger partial charge on any atom is -0.354 e. The lowest BCUT2D eigenvalue weighted by molar-refractivity contribution is -0.120. The molecule has 1 aromatic heterocycles. The molecule has 98 valence electrons. The second-order valence-electron chi connectivity index (χ2n) is 4.22. The molecule has 2 heterocycles. The Morgan fingerprint density at radius 3 is 3.00 bits per heavy atom. The molecule has 1 aliphatic heterocycles. The molecule has 1 fully saturated rings. The number of nitrogens with zero attached hydrogens (tertiary/aromatic N) is 2. The van der Waals surface area contributed by atoms with Gasteiger partial charge in [0, 0.05) is 43.3 Å². The third kappa shape index (κ3) is 2.75. The maximum absolute atomic E-state index is 12.4. The molecule has 0 bridgehead atoms. The highest BCUT2D eigenvalue weighted by atomic mass is 79.9. The summed E-state index contributed by atoms with van der Waals surface area (Å²) in [5, 5.41) is 2.77. The van der Waals surface area contributed by atoms with Crippen LogP contribution in [0, 0.1) is 0 Å². The van der Waals surface area contributed by atoms with E-state index in [2.05, 4.69) is 21.2 Å². The van der Waals surface area contributed by atoms with E-state index in [0.717, 1.165) is 11.0 Å². The number of aromatic nitrogens is 1. The summed E-state index contributed by atoms with van der Waals surface area (Å²) in [7, 11) is 0. The Kier molecular flexibility index (Phi) is 4.06. The average Bonchev–Trinajstić information content (AvgIpc) is 2.59. The van der Waals surface area contributed by atoms with E-state index in [1.807, 2.05) is 23.8 Å². The first kappa shape index (κ1) is 13.1. The van der Waals surface area contributed by atoms with Gasteiger partial charge in [-0.2, -0.15) is 0 Å². The Morgan fingerprint density at radius 2 is 2.28 bits per heavy atom. The lowest BCUT2D eigenvalue weighted by Gasteiger charge is -2.20. The van der Waals surface area contributed by atoms with Gasteiger partial charge in [0.2, 0.25) is 5.91 Å². The second-order valence-corrected chi connectivity index (χ2v) is 5.14. The Labute approximate surface area is 114 Å². The largest absolute Gasteiger partial charge is 0.354 e. The van der Waals surface area contributed by atoms with E-state index in [9.17, 15) is 9.59 Å². The molecule has 0 atom stereocenters. The molecule has 0 spiro atoms. The Balaban J connectivity index is 2.17. The molecule has 5 nitrogen and oxygen atoms in total. The summed E-state index contributed by atoms with van der Waals surface area (Å²) in [6.07, 6.45) is 2.27. The lowest BCUT2D eigenvalue weighted by Crippen LogP contribution is -2.35. The predicted octanol–water partition coefficient (Wildman–Crippen LogP) is 1.23. The number of nitrogens with one attached hydrogen (secondary N) is 1. The topological polar surface area (TPSA) is 54.3 Å². The molecule has 1 aromatic rings.